The maximum atomic E-state index is 12.4. The fourth-order valence-electron chi connectivity index (χ4n) is 3.22. The van der Waals surface area contributed by atoms with Gasteiger partial charge in [0.25, 0.3) is 5.91 Å². The smallest absolute Gasteiger partial charge is 0.253 e. The van der Waals surface area contributed by atoms with Crippen molar-refractivity contribution in [2.75, 3.05) is 44.2 Å². The molecule has 1 amide bonds. The standard InChI is InChI=1S/C20H28N6OS/c1-3-24(4-2)18(27)17-7-5-16(6-8-17)15-23-19(21)25-10-12-26(13-11-25)20-22-9-14-28-20/h5-9,14H,3-4,10-13,15H2,1-2H3,(H2,21,23). The summed E-state index contributed by atoms with van der Waals surface area (Å²) in [5.74, 6) is 0.639. The molecule has 1 aliphatic heterocycles. The largest absolute Gasteiger partial charge is 0.370 e. The van der Waals surface area contributed by atoms with Gasteiger partial charge in [-0.2, -0.15) is 0 Å². The van der Waals surface area contributed by atoms with Crippen molar-refractivity contribution in [1.82, 2.24) is 14.8 Å². The number of rotatable bonds is 6. The second-order valence-electron chi connectivity index (χ2n) is 6.64. The minimum atomic E-state index is 0.0673. The predicted octanol–water partition coefficient (Wildman–Crippen LogP) is 2.26. The first-order chi connectivity index (χ1) is 13.6. The summed E-state index contributed by atoms with van der Waals surface area (Å²) in [7, 11) is 0. The average Bonchev–Trinajstić information content (AvgIpc) is 3.28. The molecule has 0 saturated carbocycles. The summed E-state index contributed by atoms with van der Waals surface area (Å²) in [6.45, 7) is 9.39. The number of amides is 1. The van der Waals surface area contributed by atoms with Crippen LogP contribution in [-0.2, 0) is 6.54 Å². The molecular formula is C20H28N6OS. The van der Waals surface area contributed by atoms with Crippen molar-refractivity contribution < 1.29 is 4.79 Å². The monoisotopic (exact) mass is 400 g/mol. The lowest BCUT2D eigenvalue weighted by molar-refractivity contribution is 0.0773. The maximum Gasteiger partial charge on any atom is 0.253 e. The molecule has 1 aliphatic rings. The van der Waals surface area contributed by atoms with Gasteiger partial charge in [-0.05, 0) is 31.5 Å². The van der Waals surface area contributed by atoms with Crippen molar-refractivity contribution in [3.05, 3.63) is 47.0 Å². The molecule has 1 fully saturated rings. The Kier molecular flexibility index (Phi) is 6.86. The third-order valence-corrected chi connectivity index (χ3v) is 5.80. The van der Waals surface area contributed by atoms with Crippen LogP contribution in [0.25, 0.3) is 0 Å². The number of aliphatic imine (C=N–C) groups is 1. The molecule has 28 heavy (non-hydrogen) atoms. The highest BCUT2D eigenvalue weighted by molar-refractivity contribution is 7.13. The van der Waals surface area contributed by atoms with Crippen LogP contribution in [-0.4, -0.2) is 65.9 Å². The molecule has 150 valence electrons. The van der Waals surface area contributed by atoms with Crippen molar-refractivity contribution in [3.63, 3.8) is 0 Å². The van der Waals surface area contributed by atoms with E-state index in [1.165, 1.54) is 0 Å². The molecule has 3 rings (SSSR count). The van der Waals surface area contributed by atoms with Gasteiger partial charge in [-0.25, -0.2) is 9.98 Å². The molecule has 0 bridgehead atoms. The van der Waals surface area contributed by atoms with E-state index in [0.29, 0.717) is 31.2 Å². The van der Waals surface area contributed by atoms with E-state index >= 15 is 0 Å². The lowest BCUT2D eigenvalue weighted by Gasteiger charge is -2.35. The van der Waals surface area contributed by atoms with Gasteiger partial charge in [-0.3, -0.25) is 4.79 Å². The minimum Gasteiger partial charge on any atom is -0.370 e. The Bertz CT molecular complexity index is 778. The van der Waals surface area contributed by atoms with Crippen LogP contribution >= 0.6 is 11.3 Å². The van der Waals surface area contributed by atoms with E-state index in [-0.39, 0.29) is 5.91 Å². The predicted molar refractivity (Wildman–Crippen MR) is 115 cm³/mol. The highest BCUT2D eigenvalue weighted by Gasteiger charge is 2.19. The Hall–Kier alpha value is -2.61. The van der Waals surface area contributed by atoms with Crippen molar-refractivity contribution >= 4 is 28.3 Å². The number of nitrogens with zero attached hydrogens (tertiary/aromatic N) is 5. The first-order valence-electron chi connectivity index (χ1n) is 9.69. The molecule has 2 aromatic rings. The molecule has 8 heteroatoms. The van der Waals surface area contributed by atoms with E-state index in [0.717, 1.165) is 36.9 Å². The molecule has 0 aliphatic carbocycles. The fraction of sp³-hybridized carbons (Fsp3) is 0.450. The van der Waals surface area contributed by atoms with E-state index in [1.54, 1.807) is 11.3 Å². The number of anilines is 1. The number of thiazole rings is 1. The Morgan fingerprint density at radius 2 is 1.86 bits per heavy atom. The number of nitrogens with two attached hydrogens (primary N) is 1. The van der Waals surface area contributed by atoms with Crippen molar-refractivity contribution in [2.45, 2.75) is 20.4 Å². The number of aromatic nitrogens is 1. The number of guanidine groups is 1. The lowest BCUT2D eigenvalue weighted by atomic mass is 10.1. The zero-order chi connectivity index (χ0) is 19.9. The molecule has 1 saturated heterocycles. The average molecular weight is 401 g/mol. The Morgan fingerprint density at radius 1 is 1.18 bits per heavy atom. The number of hydrogen-bond donors (Lipinski definition) is 1. The molecular weight excluding hydrogens is 372 g/mol. The number of hydrogen-bond acceptors (Lipinski definition) is 5. The van der Waals surface area contributed by atoms with Crippen LogP contribution in [0.2, 0.25) is 0 Å². The second-order valence-corrected chi connectivity index (χ2v) is 7.51. The zero-order valence-electron chi connectivity index (χ0n) is 16.5. The van der Waals surface area contributed by atoms with E-state index in [4.69, 9.17) is 5.73 Å². The van der Waals surface area contributed by atoms with E-state index in [9.17, 15) is 4.79 Å². The van der Waals surface area contributed by atoms with Crippen molar-refractivity contribution in [2.24, 2.45) is 10.7 Å². The molecule has 0 radical (unpaired) electrons. The topological polar surface area (TPSA) is 78.1 Å². The molecule has 1 aromatic heterocycles. The normalized spacial score (nSPS) is 15.0. The molecule has 0 unspecified atom stereocenters. The summed E-state index contributed by atoms with van der Waals surface area (Å²) in [5.41, 5.74) is 7.95. The van der Waals surface area contributed by atoms with Crippen LogP contribution in [0.5, 0.6) is 0 Å². The van der Waals surface area contributed by atoms with Crippen LogP contribution < -0.4 is 10.6 Å². The Morgan fingerprint density at radius 3 is 2.43 bits per heavy atom. The highest BCUT2D eigenvalue weighted by Crippen LogP contribution is 2.18. The van der Waals surface area contributed by atoms with Gasteiger partial charge in [0.05, 0.1) is 6.54 Å². The molecule has 0 atom stereocenters. The summed E-state index contributed by atoms with van der Waals surface area (Å²) in [6.07, 6.45) is 1.84. The molecule has 1 aromatic carbocycles. The molecule has 2 heterocycles. The van der Waals surface area contributed by atoms with Gasteiger partial charge in [-0.1, -0.05) is 12.1 Å². The fourth-order valence-corrected chi connectivity index (χ4v) is 3.91. The summed E-state index contributed by atoms with van der Waals surface area (Å²) in [6, 6.07) is 7.64. The van der Waals surface area contributed by atoms with Crippen LogP contribution in [0.15, 0.2) is 40.8 Å². The Balaban J connectivity index is 1.53. The minimum absolute atomic E-state index is 0.0673. The van der Waals surface area contributed by atoms with Crippen LogP contribution in [0.1, 0.15) is 29.8 Å². The third-order valence-electron chi connectivity index (χ3n) is 4.97. The maximum absolute atomic E-state index is 12.4. The molecule has 2 N–H and O–H groups in total. The second kappa shape index (κ2) is 9.54. The number of carbonyl (C=O) groups is 1. The highest BCUT2D eigenvalue weighted by atomic mass is 32.1. The number of carbonyl (C=O) groups excluding carboxylic acids is 1. The Labute approximate surface area is 170 Å². The van der Waals surface area contributed by atoms with Crippen LogP contribution in [0, 0.1) is 0 Å². The zero-order valence-corrected chi connectivity index (χ0v) is 17.4. The summed E-state index contributed by atoms with van der Waals surface area (Å²) >= 11 is 1.66. The van der Waals surface area contributed by atoms with Gasteiger partial charge in [0.15, 0.2) is 11.1 Å². The number of piperazine rings is 1. The van der Waals surface area contributed by atoms with E-state index in [1.807, 2.05) is 54.6 Å². The van der Waals surface area contributed by atoms with Gasteiger partial charge < -0.3 is 20.4 Å². The summed E-state index contributed by atoms with van der Waals surface area (Å²) in [4.78, 5) is 27.5. The van der Waals surface area contributed by atoms with Gasteiger partial charge in [0.2, 0.25) is 0 Å². The van der Waals surface area contributed by atoms with Crippen molar-refractivity contribution in [3.8, 4) is 0 Å². The summed E-state index contributed by atoms with van der Waals surface area (Å²) in [5, 5.41) is 3.06. The van der Waals surface area contributed by atoms with E-state index in [2.05, 4.69) is 19.8 Å². The third kappa shape index (κ3) is 4.81. The van der Waals surface area contributed by atoms with Gasteiger partial charge in [-0.15, -0.1) is 11.3 Å². The first kappa shape index (κ1) is 20.1. The van der Waals surface area contributed by atoms with E-state index < -0.39 is 0 Å². The lowest BCUT2D eigenvalue weighted by Crippen LogP contribution is -2.51. The van der Waals surface area contributed by atoms with Gasteiger partial charge in [0, 0.05) is 56.4 Å². The quantitative estimate of drug-likeness (QED) is 0.594. The first-order valence-corrected chi connectivity index (χ1v) is 10.6. The molecule has 7 nitrogen and oxygen atoms in total. The molecule has 0 spiro atoms. The van der Waals surface area contributed by atoms with Crippen molar-refractivity contribution in [1.29, 1.82) is 0 Å². The SMILES string of the molecule is CCN(CC)C(=O)c1ccc(CN=C(N)N2CCN(c3nccs3)CC2)cc1. The van der Waals surface area contributed by atoms with Gasteiger partial charge >= 0.3 is 0 Å². The van der Waals surface area contributed by atoms with Gasteiger partial charge in [0.1, 0.15) is 0 Å². The number of benzene rings is 1. The summed E-state index contributed by atoms with van der Waals surface area (Å²) < 4.78 is 0. The van der Waals surface area contributed by atoms with Crippen LogP contribution in [0.4, 0.5) is 5.13 Å². The van der Waals surface area contributed by atoms with Crippen LogP contribution in [0.3, 0.4) is 0 Å².